The van der Waals surface area contributed by atoms with Gasteiger partial charge < -0.3 is 14.6 Å². The molecule has 0 unspecified atom stereocenters. The molecular weight excluding hydrogens is 519 g/mol. The Morgan fingerprint density at radius 2 is 1.80 bits per heavy atom. The van der Waals surface area contributed by atoms with Crippen molar-refractivity contribution in [2.24, 2.45) is 7.05 Å². The van der Waals surface area contributed by atoms with Crippen molar-refractivity contribution in [3.63, 3.8) is 0 Å². The molecule has 3 heterocycles. The predicted octanol–water partition coefficient (Wildman–Crippen LogP) is 7.49. The molecule has 226 valence electrons. The topological polar surface area (TPSA) is 97.6 Å². The highest BCUT2D eigenvalue weighted by molar-refractivity contribution is 5.55. The van der Waals surface area contributed by atoms with Crippen LogP contribution in [0.4, 0.5) is 10.2 Å². The largest absolute Gasteiger partial charge is 0.502 e. The number of anilines is 1. The highest BCUT2D eigenvalue weighted by atomic mass is 19.1. The normalized spacial score (nSPS) is 10.2. The van der Waals surface area contributed by atoms with Crippen LogP contribution in [0.3, 0.4) is 0 Å². The number of likely N-dealkylation sites (N-methyl/N-ethyl adjacent to an activating group) is 1. The second-order valence-electron chi connectivity index (χ2n) is 8.56. The molecule has 0 spiro atoms. The molecule has 3 aromatic heterocycles. The summed E-state index contributed by atoms with van der Waals surface area (Å²) in [7, 11) is 3.49. The number of aromatic nitrogens is 7. The molecule has 3 rings (SSSR count). The van der Waals surface area contributed by atoms with E-state index in [0.29, 0.717) is 30.3 Å². The molecule has 0 aromatic carbocycles. The highest BCUT2D eigenvalue weighted by Crippen LogP contribution is 2.17. The van der Waals surface area contributed by atoms with Crippen LogP contribution >= 0.6 is 0 Å². The van der Waals surface area contributed by atoms with Crippen molar-refractivity contribution in [1.82, 2.24) is 34.7 Å². The van der Waals surface area contributed by atoms with Crippen LogP contribution < -0.4 is 4.90 Å². The van der Waals surface area contributed by atoms with Gasteiger partial charge in [0.15, 0.2) is 0 Å². The summed E-state index contributed by atoms with van der Waals surface area (Å²) in [5.41, 5.74) is 3.10. The molecule has 0 atom stereocenters. The minimum absolute atomic E-state index is 0.117. The van der Waals surface area contributed by atoms with Crippen molar-refractivity contribution in [3.8, 4) is 11.3 Å². The molecule has 0 saturated heterocycles. The zero-order valence-electron chi connectivity index (χ0n) is 26.6. The number of methoxy groups -OCH3 is 1. The van der Waals surface area contributed by atoms with E-state index in [1.54, 1.807) is 42.9 Å². The van der Waals surface area contributed by atoms with E-state index in [0.717, 1.165) is 29.0 Å². The Labute approximate surface area is 246 Å². The van der Waals surface area contributed by atoms with Crippen LogP contribution in [-0.2, 0) is 11.8 Å². The molecule has 0 amide bonds. The molecule has 10 heteroatoms. The van der Waals surface area contributed by atoms with Crippen LogP contribution in [0.25, 0.3) is 11.3 Å². The lowest BCUT2D eigenvalue weighted by molar-refractivity contribution is 0.283. The maximum absolute atomic E-state index is 14.5. The third-order valence-corrected chi connectivity index (χ3v) is 5.54. The van der Waals surface area contributed by atoms with Crippen LogP contribution in [0.5, 0.6) is 0 Å². The molecule has 41 heavy (non-hydrogen) atoms. The number of nitrogens with one attached hydrogen (secondary N) is 1. The number of rotatable bonds is 8. The number of ether oxygens (including phenoxy) is 1. The summed E-state index contributed by atoms with van der Waals surface area (Å²) in [6, 6.07) is 3.74. The minimum Gasteiger partial charge on any atom is -0.502 e. The van der Waals surface area contributed by atoms with E-state index in [9.17, 15) is 4.39 Å². The zero-order valence-corrected chi connectivity index (χ0v) is 26.6. The molecular formula is C31H49FN8O. The average molecular weight is 569 g/mol. The van der Waals surface area contributed by atoms with Gasteiger partial charge in [-0.15, -0.1) is 0 Å². The summed E-state index contributed by atoms with van der Waals surface area (Å²) in [4.78, 5) is 22.1. The van der Waals surface area contributed by atoms with Gasteiger partial charge >= 0.3 is 0 Å². The van der Waals surface area contributed by atoms with Gasteiger partial charge in [-0.1, -0.05) is 34.3 Å². The molecule has 0 fully saturated rings. The number of aromatic amines is 1. The van der Waals surface area contributed by atoms with Gasteiger partial charge in [0.2, 0.25) is 0 Å². The number of nitrogens with zero attached hydrogens (tertiary/aromatic N) is 7. The van der Waals surface area contributed by atoms with Crippen LogP contribution in [0, 0.1) is 13.8 Å². The van der Waals surface area contributed by atoms with Crippen LogP contribution in [0.2, 0.25) is 0 Å². The molecule has 3 aromatic rings. The average Bonchev–Trinajstić information content (AvgIpc) is 3.72. The lowest BCUT2D eigenvalue weighted by Gasteiger charge is -2.21. The summed E-state index contributed by atoms with van der Waals surface area (Å²) < 4.78 is 20.9. The monoisotopic (exact) mass is 568 g/mol. The Hall–Kier alpha value is -4.08. The number of halogens is 1. The van der Waals surface area contributed by atoms with Crippen molar-refractivity contribution in [2.75, 3.05) is 25.1 Å². The number of aryl methyl sites for hydroxylation is 3. The number of hydrogen-bond acceptors (Lipinski definition) is 7. The summed E-state index contributed by atoms with van der Waals surface area (Å²) in [5.74, 6) is 1.95. The number of H-pyrrole nitrogens is 1. The molecule has 0 bridgehead atoms. The smallest absolute Gasteiger partial charge is 0.131 e. The molecule has 0 radical (unpaired) electrons. The lowest BCUT2D eigenvalue weighted by atomic mass is 10.2. The highest BCUT2D eigenvalue weighted by Gasteiger charge is 2.10. The quantitative estimate of drug-likeness (QED) is 0.281. The summed E-state index contributed by atoms with van der Waals surface area (Å²) in [6.45, 7) is 19.9. The van der Waals surface area contributed by atoms with Crippen molar-refractivity contribution < 1.29 is 9.13 Å². The minimum atomic E-state index is -0.117. The van der Waals surface area contributed by atoms with Crippen molar-refractivity contribution in [1.29, 1.82) is 0 Å². The van der Waals surface area contributed by atoms with Gasteiger partial charge in [0.25, 0.3) is 0 Å². The molecule has 1 N–H and O–H groups in total. The molecule has 0 aliphatic heterocycles. The third kappa shape index (κ3) is 15.3. The van der Waals surface area contributed by atoms with Crippen LogP contribution in [0.1, 0.15) is 65.9 Å². The number of imidazole rings is 1. The first kappa shape index (κ1) is 36.9. The molecule has 0 aliphatic carbocycles. The van der Waals surface area contributed by atoms with Gasteiger partial charge in [0.1, 0.15) is 17.5 Å². The number of allylic oxidation sites excluding steroid dienone is 2. The Balaban J connectivity index is 0.00000102. The number of hydrogen-bond donors (Lipinski definition) is 1. The van der Waals surface area contributed by atoms with Crippen molar-refractivity contribution in [2.45, 2.75) is 68.2 Å². The molecule has 0 saturated carbocycles. The van der Waals surface area contributed by atoms with Gasteiger partial charge in [0, 0.05) is 49.9 Å². The molecule has 0 aliphatic rings. The standard InChI is InChI=1S/C21H29FN6.C5H10O.C3H4N2.C2H6/c1-7-15(3)19(22)14-28(8-2)21-10-9-16(4)23-12-20(25-17(5)26-21)18-11-24-27(6)13-18;1-4-5(2)6-3;1-2-5-3-4-1;1-2/h9-13H,7-8,14H2,1-6H3;2,4H2,1,3H3;1-3H,(H,4,5);1-2H3/b10-9?,16-9?,19-15-,20-12?,21-10?,23-12?,23-16?,25-17?,25-20?,26-17?,26-21?;;;. The Kier molecular flexibility index (Phi) is 19.5. The zero-order chi connectivity index (χ0) is 31.2. The fraction of sp³-hybridized carbons (Fsp3) is 0.452. The Morgan fingerprint density at radius 1 is 1.10 bits per heavy atom. The van der Waals surface area contributed by atoms with Crippen molar-refractivity contribution in [3.05, 3.63) is 84.7 Å². The first-order chi connectivity index (χ1) is 19.6. The first-order valence-corrected chi connectivity index (χ1v) is 13.9. The lowest BCUT2D eigenvalue weighted by Crippen LogP contribution is -2.25. The van der Waals surface area contributed by atoms with E-state index in [-0.39, 0.29) is 12.4 Å². The van der Waals surface area contributed by atoms with Crippen LogP contribution in [0.15, 0.2) is 73.2 Å². The van der Waals surface area contributed by atoms with Crippen molar-refractivity contribution >= 4 is 5.82 Å². The van der Waals surface area contributed by atoms with Gasteiger partial charge in [-0.05, 0) is 51.8 Å². The van der Waals surface area contributed by atoms with Gasteiger partial charge in [-0.25, -0.2) is 19.3 Å². The Bertz CT molecular complexity index is 1200. The van der Waals surface area contributed by atoms with E-state index in [1.165, 1.54) is 0 Å². The van der Waals surface area contributed by atoms with Gasteiger partial charge in [-0.2, -0.15) is 5.10 Å². The second kappa shape index (κ2) is 21.7. The first-order valence-electron chi connectivity index (χ1n) is 13.9. The van der Waals surface area contributed by atoms with E-state index in [2.05, 4.69) is 36.6 Å². The van der Waals surface area contributed by atoms with E-state index in [4.69, 9.17) is 4.74 Å². The van der Waals surface area contributed by atoms with E-state index >= 15 is 0 Å². The Morgan fingerprint density at radius 3 is 2.24 bits per heavy atom. The van der Waals surface area contributed by atoms with E-state index in [1.807, 2.05) is 85.7 Å². The van der Waals surface area contributed by atoms with Gasteiger partial charge in [0.05, 0.1) is 43.8 Å². The van der Waals surface area contributed by atoms with Gasteiger partial charge in [-0.3, -0.25) is 9.67 Å². The summed E-state index contributed by atoms with van der Waals surface area (Å²) >= 11 is 0. The maximum Gasteiger partial charge on any atom is 0.131 e. The maximum atomic E-state index is 14.5. The van der Waals surface area contributed by atoms with E-state index < -0.39 is 0 Å². The SMILES string of the molecule is C=C(CC)OC.CC.CC/C(C)=C(\F)CN(CC)c1ccc(C)ncc(-c2cnn(C)c2)nc(C)n1.c1c[nH]cn1. The second-order valence-corrected chi connectivity index (χ2v) is 8.56. The molecule has 9 nitrogen and oxygen atoms in total. The fourth-order valence-corrected chi connectivity index (χ4v) is 2.91. The predicted molar refractivity (Wildman–Crippen MR) is 167 cm³/mol. The fourth-order valence-electron chi connectivity index (χ4n) is 2.91. The third-order valence-electron chi connectivity index (χ3n) is 5.54. The van der Waals surface area contributed by atoms with Crippen LogP contribution in [-0.4, -0.2) is 54.9 Å². The summed E-state index contributed by atoms with van der Waals surface area (Å²) in [6.07, 6.45) is 12.0. The summed E-state index contributed by atoms with van der Waals surface area (Å²) in [5, 5.41) is 4.20.